The van der Waals surface area contributed by atoms with Gasteiger partial charge in [-0.15, -0.1) is 11.3 Å². The molecule has 0 unspecified atom stereocenters. The maximum absolute atomic E-state index is 13.6. The molecule has 30 heavy (non-hydrogen) atoms. The Balaban J connectivity index is 1.56. The van der Waals surface area contributed by atoms with Crippen LogP contribution in [0, 0.1) is 0 Å². The van der Waals surface area contributed by atoms with Gasteiger partial charge >= 0.3 is 0 Å². The summed E-state index contributed by atoms with van der Waals surface area (Å²) in [5.41, 5.74) is 1.85. The summed E-state index contributed by atoms with van der Waals surface area (Å²) >= 11 is 2.94. The second kappa shape index (κ2) is 8.07. The van der Waals surface area contributed by atoms with Gasteiger partial charge in [0.25, 0.3) is 5.56 Å². The molecule has 0 atom stereocenters. The van der Waals surface area contributed by atoms with E-state index in [-0.39, 0.29) is 17.2 Å². The highest BCUT2D eigenvalue weighted by atomic mass is 32.2. The fourth-order valence-corrected chi connectivity index (χ4v) is 5.96. The van der Waals surface area contributed by atoms with Gasteiger partial charge in [-0.05, 0) is 68.9 Å². The van der Waals surface area contributed by atoms with E-state index < -0.39 is 0 Å². The highest BCUT2D eigenvalue weighted by Gasteiger charge is 2.26. The van der Waals surface area contributed by atoms with Gasteiger partial charge in [0.05, 0.1) is 23.4 Å². The summed E-state index contributed by atoms with van der Waals surface area (Å²) in [4.78, 5) is 32.7. The van der Waals surface area contributed by atoms with Crippen molar-refractivity contribution in [1.29, 1.82) is 0 Å². The van der Waals surface area contributed by atoms with Gasteiger partial charge in [-0.2, -0.15) is 0 Å². The average molecular weight is 442 g/mol. The van der Waals surface area contributed by atoms with Crippen LogP contribution in [0.3, 0.4) is 0 Å². The van der Waals surface area contributed by atoms with Crippen LogP contribution in [0.5, 0.6) is 5.75 Å². The minimum atomic E-state index is -0.0475. The largest absolute Gasteiger partial charge is 0.494 e. The number of hydrogen-bond donors (Lipinski definition) is 1. The lowest BCUT2D eigenvalue weighted by molar-refractivity contribution is -0.118. The first-order chi connectivity index (χ1) is 14.6. The number of amides is 1. The maximum atomic E-state index is 13.6. The summed E-state index contributed by atoms with van der Waals surface area (Å²) < 4.78 is 7.19. The third-order valence-electron chi connectivity index (χ3n) is 5.39. The van der Waals surface area contributed by atoms with Crippen LogP contribution in [0.4, 0.5) is 0 Å². The van der Waals surface area contributed by atoms with Crippen molar-refractivity contribution in [2.24, 2.45) is 0 Å². The van der Waals surface area contributed by atoms with Gasteiger partial charge in [-0.1, -0.05) is 11.8 Å². The number of nitrogens with zero attached hydrogens (tertiary/aromatic N) is 2. The van der Waals surface area contributed by atoms with Crippen LogP contribution >= 0.6 is 23.1 Å². The Morgan fingerprint density at radius 3 is 2.83 bits per heavy atom. The molecule has 2 heterocycles. The first kappa shape index (κ1) is 19.6. The van der Waals surface area contributed by atoms with E-state index in [1.165, 1.54) is 16.6 Å². The highest BCUT2D eigenvalue weighted by Crippen LogP contribution is 2.36. The van der Waals surface area contributed by atoms with Gasteiger partial charge in [-0.3, -0.25) is 14.2 Å². The third-order valence-corrected chi connectivity index (χ3v) is 7.51. The summed E-state index contributed by atoms with van der Waals surface area (Å²) in [6.45, 7) is 2.53. The monoisotopic (exact) mass is 441 g/mol. The number of benzene rings is 1. The molecule has 2 aromatic heterocycles. The topological polar surface area (TPSA) is 73.2 Å². The Morgan fingerprint density at radius 1 is 1.30 bits per heavy atom. The van der Waals surface area contributed by atoms with Gasteiger partial charge in [0.15, 0.2) is 5.16 Å². The second-order valence-corrected chi connectivity index (χ2v) is 9.66. The van der Waals surface area contributed by atoms with Crippen molar-refractivity contribution in [2.75, 3.05) is 12.4 Å². The number of aromatic nitrogens is 2. The van der Waals surface area contributed by atoms with Crippen LogP contribution in [0.1, 0.15) is 36.6 Å². The zero-order chi connectivity index (χ0) is 20.7. The van der Waals surface area contributed by atoms with Gasteiger partial charge < -0.3 is 10.1 Å². The minimum Gasteiger partial charge on any atom is -0.494 e. The summed E-state index contributed by atoms with van der Waals surface area (Å²) in [5, 5.41) is 4.30. The van der Waals surface area contributed by atoms with E-state index in [1.807, 2.05) is 31.2 Å². The molecule has 6 nitrogen and oxygen atoms in total. The Kier molecular flexibility index (Phi) is 5.28. The normalized spacial score (nSPS) is 15.4. The number of ether oxygens (including phenoxy) is 1. The average Bonchev–Trinajstić information content (AvgIpc) is 3.30. The predicted octanol–water partition coefficient (Wildman–Crippen LogP) is 3.71. The molecule has 0 radical (unpaired) electrons. The van der Waals surface area contributed by atoms with Crippen molar-refractivity contribution >= 4 is 39.2 Å². The summed E-state index contributed by atoms with van der Waals surface area (Å²) in [7, 11) is 0. The van der Waals surface area contributed by atoms with Gasteiger partial charge in [0, 0.05) is 10.9 Å². The molecule has 0 saturated heterocycles. The first-order valence-corrected chi connectivity index (χ1v) is 12.2. The van der Waals surface area contributed by atoms with Gasteiger partial charge in [-0.25, -0.2) is 4.98 Å². The maximum Gasteiger partial charge on any atom is 0.267 e. The molecule has 0 bridgehead atoms. The molecule has 1 fully saturated rings. The van der Waals surface area contributed by atoms with Crippen LogP contribution in [-0.2, 0) is 17.6 Å². The number of thiophene rings is 1. The zero-order valence-corrected chi connectivity index (χ0v) is 18.4. The molecule has 0 spiro atoms. The number of aryl methyl sites for hydroxylation is 2. The molecule has 156 valence electrons. The highest BCUT2D eigenvalue weighted by molar-refractivity contribution is 7.99. The lowest BCUT2D eigenvalue weighted by Crippen LogP contribution is -2.28. The van der Waals surface area contributed by atoms with Crippen molar-refractivity contribution in [1.82, 2.24) is 14.9 Å². The van der Waals surface area contributed by atoms with E-state index in [0.29, 0.717) is 17.8 Å². The quantitative estimate of drug-likeness (QED) is 0.447. The van der Waals surface area contributed by atoms with Crippen molar-refractivity contribution in [3.63, 3.8) is 0 Å². The predicted molar refractivity (Wildman–Crippen MR) is 120 cm³/mol. The number of fused-ring (bicyclic) bond motifs is 3. The molecule has 8 heteroatoms. The van der Waals surface area contributed by atoms with Crippen molar-refractivity contribution in [3.8, 4) is 11.4 Å². The number of carbonyl (C=O) groups excluding carboxylic acids is 1. The molecule has 3 aromatic rings. The molecule has 1 N–H and O–H groups in total. The van der Waals surface area contributed by atoms with E-state index in [4.69, 9.17) is 9.72 Å². The van der Waals surface area contributed by atoms with E-state index in [1.54, 1.807) is 15.9 Å². The van der Waals surface area contributed by atoms with Crippen LogP contribution < -0.4 is 15.6 Å². The fraction of sp³-hybridized carbons (Fsp3) is 0.409. The molecular formula is C22H23N3O3S2. The summed E-state index contributed by atoms with van der Waals surface area (Å²) in [5.74, 6) is 0.998. The first-order valence-electron chi connectivity index (χ1n) is 10.4. The molecule has 5 rings (SSSR count). The third kappa shape index (κ3) is 3.74. The molecule has 2 aliphatic rings. The number of thioether (sulfide) groups is 1. The molecule has 1 saturated carbocycles. The molecule has 1 amide bonds. The number of carbonyl (C=O) groups is 1. The van der Waals surface area contributed by atoms with Gasteiger partial charge in [0.2, 0.25) is 5.91 Å². The zero-order valence-electron chi connectivity index (χ0n) is 16.8. The van der Waals surface area contributed by atoms with Crippen LogP contribution in [-0.4, -0.2) is 33.9 Å². The Bertz CT molecular complexity index is 1160. The second-order valence-electron chi connectivity index (χ2n) is 7.63. The lowest BCUT2D eigenvalue weighted by Gasteiger charge is -2.13. The van der Waals surface area contributed by atoms with E-state index in [9.17, 15) is 9.59 Å². The van der Waals surface area contributed by atoms with Crippen LogP contribution in [0.15, 0.2) is 34.2 Å². The SMILES string of the molecule is CCOc1ccc(-n2c(SCC(=O)NC3CC3)nc3sc4c(c3c2=O)CCC4)cc1. The van der Waals surface area contributed by atoms with E-state index in [2.05, 4.69) is 5.32 Å². The lowest BCUT2D eigenvalue weighted by atomic mass is 10.2. The summed E-state index contributed by atoms with van der Waals surface area (Å²) in [6, 6.07) is 7.80. The Labute approximate surface area is 182 Å². The number of hydrogen-bond acceptors (Lipinski definition) is 6. The summed E-state index contributed by atoms with van der Waals surface area (Å²) in [6.07, 6.45) is 5.16. The number of nitrogens with one attached hydrogen (secondary N) is 1. The smallest absolute Gasteiger partial charge is 0.267 e. The molecule has 1 aromatic carbocycles. The fourth-order valence-electron chi connectivity index (χ4n) is 3.83. The van der Waals surface area contributed by atoms with Crippen molar-refractivity contribution in [3.05, 3.63) is 45.1 Å². The van der Waals surface area contributed by atoms with Crippen molar-refractivity contribution < 1.29 is 9.53 Å². The molecule has 2 aliphatic carbocycles. The van der Waals surface area contributed by atoms with Gasteiger partial charge in [0.1, 0.15) is 10.6 Å². The van der Waals surface area contributed by atoms with Crippen LogP contribution in [0.25, 0.3) is 15.9 Å². The standard InChI is InChI=1S/C22H23N3O3S2/c1-2-28-15-10-8-14(9-11-15)25-21(27)19-16-4-3-5-17(16)30-20(19)24-22(25)29-12-18(26)23-13-6-7-13/h8-11,13H,2-7,12H2,1H3,(H,23,26). The molecule has 0 aliphatic heterocycles. The Hall–Kier alpha value is -2.32. The Morgan fingerprint density at radius 2 is 2.10 bits per heavy atom. The van der Waals surface area contributed by atoms with E-state index >= 15 is 0 Å². The van der Waals surface area contributed by atoms with Crippen molar-refractivity contribution in [2.45, 2.75) is 50.2 Å². The molecular weight excluding hydrogens is 418 g/mol. The van der Waals surface area contributed by atoms with E-state index in [0.717, 1.165) is 59.3 Å². The number of rotatable bonds is 7. The van der Waals surface area contributed by atoms with Crippen LogP contribution in [0.2, 0.25) is 0 Å². The minimum absolute atomic E-state index is 0.0104.